The van der Waals surface area contributed by atoms with Crippen molar-refractivity contribution in [3.05, 3.63) is 45.9 Å². The molecule has 0 spiro atoms. The van der Waals surface area contributed by atoms with Gasteiger partial charge in [0.2, 0.25) is 5.91 Å². The number of hydrogen-bond donors (Lipinski definition) is 1. The zero-order valence-corrected chi connectivity index (χ0v) is 15.4. The summed E-state index contributed by atoms with van der Waals surface area (Å²) in [5.74, 6) is 0.209. The Morgan fingerprint density at radius 1 is 1.32 bits per heavy atom. The summed E-state index contributed by atoms with van der Waals surface area (Å²) in [6.45, 7) is 4.09. The number of nitrogens with zero attached hydrogens (tertiary/aromatic N) is 3. The summed E-state index contributed by atoms with van der Waals surface area (Å²) in [4.78, 5) is 33.7. The second-order valence-corrected chi connectivity index (χ2v) is 8.10. The molecule has 2 aromatic heterocycles. The van der Waals surface area contributed by atoms with Gasteiger partial charge in [-0.2, -0.15) is 0 Å². The summed E-state index contributed by atoms with van der Waals surface area (Å²) in [7, 11) is 0. The van der Waals surface area contributed by atoms with E-state index in [1.54, 1.807) is 17.7 Å². The minimum absolute atomic E-state index is 0.0781. The van der Waals surface area contributed by atoms with Crippen LogP contribution in [0.25, 0.3) is 10.2 Å². The largest absolute Gasteiger partial charge is 0.302 e. The van der Waals surface area contributed by atoms with E-state index in [4.69, 9.17) is 0 Å². The van der Waals surface area contributed by atoms with Crippen molar-refractivity contribution in [2.24, 2.45) is 5.92 Å². The van der Waals surface area contributed by atoms with Gasteiger partial charge in [-0.1, -0.05) is 35.2 Å². The van der Waals surface area contributed by atoms with Gasteiger partial charge in [-0.3, -0.25) is 14.2 Å². The number of rotatable bonds is 2. The maximum atomic E-state index is 12.6. The van der Waals surface area contributed by atoms with Crippen LogP contribution in [-0.4, -0.2) is 26.2 Å². The van der Waals surface area contributed by atoms with Crippen LogP contribution in [0.15, 0.2) is 34.3 Å². The number of amides is 1. The van der Waals surface area contributed by atoms with E-state index in [0.717, 1.165) is 15.8 Å². The number of thiazole rings is 1. The number of anilines is 1. The maximum Gasteiger partial charge on any atom is 0.257 e. The van der Waals surface area contributed by atoms with Gasteiger partial charge in [0.1, 0.15) is 0 Å². The Labute approximate surface area is 152 Å². The molecule has 128 valence electrons. The molecule has 1 amide bonds. The fraction of sp³-hybridized carbons (Fsp3) is 0.294. The number of para-hydroxylation sites is 1. The Hall–Kier alpha value is -2.19. The highest BCUT2D eigenvalue weighted by molar-refractivity contribution is 7.99. The molecule has 4 rings (SSSR count). The molecule has 3 heterocycles. The van der Waals surface area contributed by atoms with E-state index in [2.05, 4.69) is 15.3 Å². The van der Waals surface area contributed by atoms with Gasteiger partial charge < -0.3 is 5.32 Å². The zero-order valence-electron chi connectivity index (χ0n) is 13.8. The number of nitrogens with one attached hydrogen (secondary N) is 1. The average Bonchev–Trinajstić information content (AvgIpc) is 3.02. The Morgan fingerprint density at radius 2 is 2.16 bits per heavy atom. The lowest BCUT2D eigenvalue weighted by molar-refractivity contribution is -0.119. The van der Waals surface area contributed by atoms with Crippen molar-refractivity contribution in [1.29, 1.82) is 0 Å². The van der Waals surface area contributed by atoms with E-state index in [1.165, 1.54) is 23.1 Å². The molecule has 25 heavy (non-hydrogen) atoms. The molecule has 1 aliphatic heterocycles. The number of aromatic nitrogens is 3. The van der Waals surface area contributed by atoms with Gasteiger partial charge in [-0.15, -0.1) is 0 Å². The van der Waals surface area contributed by atoms with Gasteiger partial charge in [-0.25, -0.2) is 9.97 Å². The lowest BCUT2D eigenvalue weighted by Crippen LogP contribution is -2.37. The molecule has 0 saturated carbocycles. The van der Waals surface area contributed by atoms with Crippen molar-refractivity contribution in [2.75, 3.05) is 11.1 Å². The van der Waals surface area contributed by atoms with Crippen LogP contribution < -0.4 is 10.9 Å². The standard InChI is InChI=1S/C17H16N4O2S2/c1-9-4-3-5-12-13(9)19-16(25-12)20-14(22)11-7-21-15(23)10(2)6-18-17(21)24-8-11/h3-6,11H,7-8H2,1-2H3,(H,19,20,22). The summed E-state index contributed by atoms with van der Waals surface area (Å²) >= 11 is 2.90. The van der Waals surface area contributed by atoms with Crippen LogP contribution >= 0.6 is 23.1 Å². The van der Waals surface area contributed by atoms with E-state index in [9.17, 15) is 9.59 Å². The van der Waals surface area contributed by atoms with Crippen LogP contribution in [0.1, 0.15) is 11.1 Å². The highest BCUT2D eigenvalue weighted by Gasteiger charge is 2.27. The Bertz CT molecular complexity index is 1040. The summed E-state index contributed by atoms with van der Waals surface area (Å²) in [6.07, 6.45) is 1.59. The van der Waals surface area contributed by atoms with Crippen molar-refractivity contribution in [2.45, 2.75) is 25.5 Å². The molecule has 0 fully saturated rings. The first-order valence-corrected chi connectivity index (χ1v) is 9.69. The smallest absolute Gasteiger partial charge is 0.257 e. The topological polar surface area (TPSA) is 76.9 Å². The van der Waals surface area contributed by atoms with Crippen LogP contribution in [0, 0.1) is 19.8 Å². The molecule has 6 nitrogen and oxygen atoms in total. The number of aryl methyl sites for hydroxylation is 2. The quantitative estimate of drug-likeness (QED) is 0.700. The van der Waals surface area contributed by atoms with Crippen LogP contribution in [0.4, 0.5) is 5.13 Å². The third kappa shape index (κ3) is 2.96. The first-order chi connectivity index (χ1) is 12.0. The summed E-state index contributed by atoms with van der Waals surface area (Å²) in [6, 6.07) is 5.98. The predicted octanol–water partition coefficient (Wildman–Crippen LogP) is 2.83. The fourth-order valence-corrected chi connectivity index (χ4v) is 4.80. The fourth-order valence-electron chi connectivity index (χ4n) is 2.81. The van der Waals surface area contributed by atoms with Crippen molar-refractivity contribution in [3.8, 4) is 0 Å². The molecule has 1 atom stereocenters. The number of thioether (sulfide) groups is 1. The molecule has 1 aliphatic rings. The molecule has 0 radical (unpaired) electrons. The number of benzene rings is 1. The van der Waals surface area contributed by atoms with E-state index in [1.807, 2.05) is 25.1 Å². The maximum absolute atomic E-state index is 12.6. The molecule has 3 aromatic rings. The minimum atomic E-state index is -0.285. The van der Waals surface area contributed by atoms with Crippen molar-refractivity contribution in [3.63, 3.8) is 0 Å². The molecular weight excluding hydrogens is 356 g/mol. The van der Waals surface area contributed by atoms with Gasteiger partial charge >= 0.3 is 0 Å². The third-order valence-electron chi connectivity index (χ3n) is 4.22. The lowest BCUT2D eigenvalue weighted by atomic mass is 10.1. The normalized spacial score (nSPS) is 16.6. The molecule has 1 aromatic carbocycles. The van der Waals surface area contributed by atoms with Gasteiger partial charge in [0.25, 0.3) is 5.56 Å². The van der Waals surface area contributed by atoms with Crippen LogP contribution in [0.5, 0.6) is 0 Å². The van der Waals surface area contributed by atoms with Crippen molar-refractivity contribution < 1.29 is 4.79 Å². The summed E-state index contributed by atoms with van der Waals surface area (Å²) < 4.78 is 2.64. The van der Waals surface area contributed by atoms with Gasteiger partial charge in [0.15, 0.2) is 10.3 Å². The first kappa shape index (κ1) is 16.3. The highest BCUT2D eigenvalue weighted by atomic mass is 32.2. The number of carbonyl (C=O) groups is 1. The molecule has 1 unspecified atom stereocenters. The molecule has 8 heteroatoms. The second-order valence-electron chi connectivity index (χ2n) is 6.08. The van der Waals surface area contributed by atoms with Crippen LogP contribution in [0.3, 0.4) is 0 Å². The van der Waals surface area contributed by atoms with E-state index in [-0.39, 0.29) is 17.4 Å². The molecular formula is C17H16N4O2S2. The van der Waals surface area contributed by atoms with E-state index in [0.29, 0.717) is 28.1 Å². The minimum Gasteiger partial charge on any atom is -0.302 e. The number of carbonyl (C=O) groups excluding carboxylic acids is 1. The SMILES string of the molecule is Cc1cnc2n(c1=O)CC(C(=O)Nc1nc3c(C)cccc3s1)CS2. The molecule has 0 saturated heterocycles. The second kappa shape index (κ2) is 6.27. The first-order valence-electron chi connectivity index (χ1n) is 7.89. The van der Waals surface area contributed by atoms with E-state index < -0.39 is 0 Å². The molecule has 0 aliphatic carbocycles. The lowest BCUT2D eigenvalue weighted by Gasteiger charge is -2.23. The number of fused-ring (bicyclic) bond motifs is 2. The third-order valence-corrected chi connectivity index (χ3v) is 6.31. The van der Waals surface area contributed by atoms with Gasteiger partial charge in [-0.05, 0) is 25.5 Å². The Kier molecular flexibility index (Phi) is 4.09. The Balaban J connectivity index is 1.56. The number of hydrogen-bond acceptors (Lipinski definition) is 6. The molecule has 0 bridgehead atoms. The van der Waals surface area contributed by atoms with Crippen molar-refractivity contribution in [1.82, 2.24) is 14.5 Å². The van der Waals surface area contributed by atoms with E-state index >= 15 is 0 Å². The predicted molar refractivity (Wildman–Crippen MR) is 100 cm³/mol. The summed E-state index contributed by atoms with van der Waals surface area (Å²) in [5.41, 5.74) is 2.52. The van der Waals surface area contributed by atoms with Crippen LogP contribution in [-0.2, 0) is 11.3 Å². The monoisotopic (exact) mass is 372 g/mol. The molecule has 1 N–H and O–H groups in total. The average molecular weight is 372 g/mol. The highest BCUT2D eigenvalue weighted by Crippen LogP contribution is 2.30. The van der Waals surface area contributed by atoms with Crippen molar-refractivity contribution >= 4 is 44.4 Å². The Morgan fingerprint density at radius 3 is 2.96 bits per heavy atom. The zero-order chi connectivity index (χ0) is 17.6. The van der Waals surface area contributed by atoms with Gasteiger partial charge in [0, 0.05) is 24.1 Å². The summed E-state index contributed by atoms with van der Waals surface area (Å²) in [5, 5.41) is 4.19. The van der Waals surface area contributed by atoms with Gasteiger partial charge in [0.05, 0.1) is 16.1 Å². The van der Waals surface area contributed by atoms with Crippen LogP contribution in [0.2, 0.25) is 0 Å².